The minimum absolute atomic E-state index is 0.323. The Morgan fingerprint density at radius 1 is 1.05 bits per heavy atom. The second-order valence-corrected chi connectivity index (χ2v) is 5.12. The van der Waals surface area contributed by atoms with E-state index >= 15 is 0 Å². The van der Waals surface area contributed by atoms with Gasteiger partial charge in [-0.1, -0.05) is 42.5 Å². The Hall–Kier alpha value is -2.35. The topological polar surface area (TPSA) is 37.3 Å². The third kappa shape index (κ3) is 4.32. The molecule has 2 aromatic carbocycles. The zero-order valence-corrected chi connectivity index (χ0v) is 12.1. The first-order chi connectivity index (χ1) is 10.2. The molecule has 1 N–H and O–H groups in total. The third-order valence-corrected chi connectivity index (χ3v) is 3.49. The number of hydrogen-bond acceptors (Lipinski definition) is 1. The van der Waals surface area contributed by atoms with Gasteiger partial charge in [0.05, 0.1) is 5.56 Å². The summed E-state index contributed by atoms with van der Waals surface area (Å²) in [6, 6.07) is 15.4. The van der Waals surface area contributed by atoms with Gasteiger partial charge in [0.15, 0.2) is 0 Å². The van der Waals surface area contributed by atoms with Crippen molar-refractivity contribution in [3.8, 4) is 11.1 Å². The molecular weight excluding hydrogens is 260 g/mol. The van der Waals surface area contributed by atoms with Gasteiger partial charge in [0.2, 0.25) is 0 Å². The normalized spacial score (nSPS) is 10.3. The zero-order valence-electron chi connectivity index (χ0n) is 12.1. The first kappa shape index (κ1) is 15.0. The van der Waals surface area contributed by atoms with Gasteiger partial charge in [-0.2, -0.15) is 0 Å². The standard InChI is InChI=1S/C19H20O2/c1-2-3-4-5-8-15-9-6-10-16(13-15)17-11-7-12-18(14-17)19(20)21/h2,6-7,9-14H,1,3-5,8H2,(H,20,21). The van der Waals surface area contributed by atoms with E-state index in [-0.39, 0.29) is 0 Å². The Morgan fingerprint density at radius 3 is 2.48 bits per heavy atom. The lowest BCUT2D eigenvalue weighted by Crippen LogP contribution is -1.95. The molecule has 0 aliphatic rings. The van der Waals surface area contributed by atoms with E-state index in [1.807, 2.05) is 24.3 Å². The minimum Gasteiger partial charge on any atom is -0.478 e. The summed E-state index contributed by atoms with van der Waals surface area (Å²) in [4.78, 5) is 11.0. The van der Waals surface area contributed by atoms with Crippen LogP contribution in [-0.4, -0.2) is 11.1 Å². The number of unbranched alkanes of at least 4 members (excludes halogenated alkanes) is 2. The Balaban J connectivity index is 2.15. The fourth-order valence-electron chi connectivity index (χ4n) is 2.36. The number of carbonyl (C=O) groups is 1. The van der Waals surface area contributed by atoms with Crippen LogP contribution in [0.25, 0.3) is 11.1 Å². The molecule has 108 valence electrons. The van der Waals surface area contributed by atoms with Crippen molar-refractivity contribution in [3.63, 3.8) is 0 Å². The van der Waals surface area contributed by atoms with Crippen LogP contribution in [-0.2, 0) is 6.42 Å². The second kappa shape index (κ2) is 7.44. The molecule has 0 saturated carbocycles. The fourth-order valence-corrected chi connectivity index (χ4v) is 2.36. The highest BCUT2D eigenvalue weighted by Gasteiger charge is 2.05. The molecule has 0 amide bonds. The van der Waals surface area contributed by atoms with Gasteiger partial charge >= 0.3 is 5.97 Å². The van der Waals surface area contributed by atoms with Crippen molar-refractivity contribution in [1.82, 2.24) is 0 Å². The SMILES string of the molecule is C=CCCCCc1cccc(-c2cccc(C(=O)O)c2)c1. The minimum atomic E-state index is -0.891. The molecule has 0 heterocycles. The molecule has 2 heteroatoms. The monoisotopic (exact) mass is 280 g/mol. The maximum absolute atomic E-state index is 11.0. The van der Waals surface area contributed by atoms with Crippen LogP contribution >= 0.6 is 0 Å². The van der Waals surface area contributed by atoms with E-state index < -0.39 is 5.97 Å². The predicted molar refractivity (Wildman–Crippen MR) is 86.6 cm³/mol. The Labute approximate surface area is 125 Å². The van der Waals surface area contributed by atoms with Crippen molar-refractivity contribution in [2.75, 3.05) is 0 Å². The van der Waals surface area contributed by atoms with Gasteiger partial charge < -0.3 is 5.11 Å². The molecular formula is C19H20O2. The van der Waals surface area contributed by atoms with Gasteiger partial charge in [-0.05, 0) is 54.5 Å². The van der Waals surface area contributed by atoms with Crippen molar-refractivity contribution < 1.29 is 9.90 Å². The average molecular weight is 280 g/mol. The highest BCUT2D eigenvalue weighted by atomic mass is 16.4. The third-order valence-electron chi connectivity index (χ3n) is 3.49. The van der Waals surface area contributed by atoms with E-state index in [2.05, 4.69) is 18.7 Å². The Kier molecular flexibility index (Phi) is 5.33. The predicted octanol–water partition coefficient (Wildman–Crippen LogP) is 4.95. The van der Waals surface area contributed by atoms with Crippen molar-refractivity contribution >= 4 is 5.97 Å². The summed E-state index contributed by atoms with van der Waals surface area (Å²) in [6.07, 6.45) is 6.35. The second-order valence-electron chi connectivity index (χ2n) is 5.12. The smallest absolute Gasteiger partial charge is 0.335 e. The van der Waals surface area contributed by atoms with Gasteiger partial charge in [-0.25, -0.2) is 4.79 Å². The molecule has 2 aromatic rings. The lowest BCUT2D eigenvalue weighted by atomic mass is 9.99. The van der Waals surface area contributed by atoms with Gasteiger partial charge in [0.25, 0.3) is 0 Å². The van der Waals surface area contributed by atoms with Crippen LogP contribution in [0.5, 0.6) is 0 Å². The molecule has 0 radical (unpaired) electrons. The molecule has 0 bridgehead atoms. The zero-order chi connectivity index (χ0) is 15.1. The van der Waals surface area contributed by atoms with Crippen LogP contribution in [0.15, 0.2) is 61.2 Å². The summed E-state index contributed by atoms with van der Waals surface area (Å²) in [5.41, 5.74) is 3.63. The van der Waals surface area contributed by atoms with E-state index in [4.69, 9.17) is 5.11 Å². The van der Waals surface area contributed by atoms with Crippen LogP contribution in [0.2, 0.25) is 0 Å². The van der Waals surface area contributed by atoms with Crippen molar-refractivity contribution in [3.05, 3.63) is 72.3 Å². The van der Waals surface area contributed by atoms with Crippen molar-refractivity contribution in [1.29, 1.82) is 0 Å². The largest absolute Gasteiger partial charge is 0.478 e. The molecule has 0 aromatic heterocycles. The summed E-state index contributed by atoms with van der Waals surface area (Å²) in [6.45, 7) is 3.73. The van der Waals surface area contributed by atoms with E-state index in [9.17, 15) is 4.79 Å². The maximum atomic E-state index is 11.0. The maximum Gasteiger partial charge on any atom is 0.335 e. The number of aromatic carboxylic acids is 1. The molecule has 2 rings (SSSR count). The number of carboxylic acid groups (broad SMARTS) is 1. The lowest BCUT2D eigenvalue weighted by molar-refractivity contribution is 0.0697. The van der Waals surface area contributed by atoms with E-state index in [0.717, 1.165) is 36.8 Å². The van der Waals surface area contributed by atoms with E-state index in [1.54, 1.807) is 18.2 Å². The number of allylic oxidation sites excluding steroid dienone is 1. The Morgan fingerprint density at radius 2 is 1.76 bits per heavy atom. The van der Waals surface area contributed by atoms with Crippen LogP contribution < -0.4 is 0 Å². The van der Waals surface area contributed by atoms with Crippen LogP contribution in [0, 0.1) is 0 Å². The molecule has 0 saturated heterocycles. The molecule has 0 spiro atoms. The summed E-state index contributed by atoms with van der Waals surface area (Å²) < 4.78 is 0. The van der Waals surface area contributed by atoms with Gasteiger partial charge in [-0.3, -0.25) is 0 Å². The number of hydrogen-bond donors (Lipinski definition) is 1. The highest BCUT2D eigenvalue weighted by molar-refractivity contribution is 5.89. The van der Waals surface area contributed by atoms with E-state index in [1.165, 1.54) is 5.56 Å². The van der Waals surface area contributed by atoms with Gasteiger partial charge in [-0.15, -0.1) is 6.58 Å². The Bertz CT molecular complexity index is 629. The van der Waals surface area contributed by atoms with Crippen molar-refractivity contribution in [2.45, 2.75) is 25.7 Å². The lowest BCUT2D eigenvalue weighted by Gasteiger charge is -2.06. The average Bonchev–Trinajstić information content (AvgIpc) is 2.52. The molecule has 0 unspecified atom stereocenters. The summed E-state index contributed by atoms with van der Waals surface area (Å²) in [5, 5.41) is 9.07. The molecule has 0 aliphatic carbocycles. The molecule has 0 fully saturated rings. The van der Waals surface area contributed by atoms with Crippen LogP contribution in [0.3, 0.4) is 0 Å². The number of benzene rings is 2. The molecule has 21 heavy (non-hydrogen) atoms. The van der Waals surface area contributed by atoms with Gasteiger partial charge in [0.1, 0.15) is 0 Å². The molecule has 0 aliphatic heterocycles. The van der Waals surface area contributed by atoms with E-state index in [0.29, 0.717) is 5.56 Å². The first-order valence-corrected chi connectivity index (χ1v) is 7.24. The first-order valence-electron chi connectivity index (χ1n) is 7.24. The fraction of sp³-hybridized carbons (Fsp3) is 0.211. The number of carboxylic acids is 1. The van der Waals surface area contributed by atoms with Crippen LogP contribution in [0.1, 0.15) is 35.2 Å². The molecule has 2 nitrogen and oxygen atoms in total. The van der Waals surface area contributed by atoms with Crippen molar-refractivity contribution in [2.24, 2.45) is 0 Å². The number of rotatable bonds is 7. The van der Waals surface area contributed by atoms with Gasteiger partial charge in [0, 0.05) is 0 Å². The molecule has 0 atom stereocenters. The number of aryl methyl sites for hydroxylation is 1. The highest BCUT2D eigenvalue weighted by Crippen LogP contribution is 2.22. The summed E-state index contributed by atoms with van der Waals surface area (Å²) in [7, 11) is 0. The quantitative estimate of drug-likeness (QED) is 0.575. The summed E-state index contributed by atoms with van der Waals surface area (Å²) >= 11 is 0. The van der Waals surface area contributed by atoms with Crippen LogP contribution in [0.4, 0.5) is 0 Å². The summed E-state index contributed by atoms with van der Waals surface area (Å²) in [5.74, 6) is -0.891.